The van der Waals surface area contributed by atoms with Crippen LogP contribution in [0.5, 0.6) is 5.75 Å². The second kappa shape index (κ2) is 13.9. The average Bonchev–Trinajstić information content (AvgIpc) is 3.51. The first kappa shape index (κ1) is 29.0. The summed E-state index contributed by atoms with van der Waals surface area (Å²) in [6.07, 6.45) is 7.96. The second-order valence-electron chi connectivity index (χ2n) is 9.85. The molecule has 3 heterocycles. The molecule has 11 heteroatoms. The first-order valence-electron chi connectivity index (χ1n) is 13.8. The van der Waals surface area contributed by atoms with E-state index in [4.69, 9.17) is 19.0 Å². The largest absolute Gasteiger partial charge is 0.492 e. The van der Waals surface area contributed by atoms with Crippen molar-refractivity contribution >= 4 is 22.0 Å². The summed E-state index contributed by atoms with van der Waals surface area (Å²) in [6.45, 7) is 5.42. The van der Waals surface area contributed by atoms with Crippen molar-refractivity contribution in [1.29, 1.82) is 0 Å². The minimum absolute atomic E-state index is 0.158. The smallest absolute Gasteiger partial charge is 0.267 e. The molecule has 1 amide bonds. The number of carbonyl (C=O) groups excluding carboxylic acids is 1. The Morgan fingerprint density at radius 3 is 2.63 bits per heavy atom. The van der Waals surface area contributed by atoms with Crippen molar-refractivity contribution in [2.75, 3.05) is 46.1 Å². The van der Waals surface area contributed by atoms with Crippen molar-refractivity contribution in [3.8, 4) is 16.9 Å². The number of rotatable bonds is 11. The van der Waals surface area contributed by atoms with Gasteiger partial charge in [-0.2, -0.15) is 0 Å². The summed E-state index contributed by atoms with van der Waals surface area (Å²) in [5.74, 6) is 0.303. The molecule has 2 aliphatic heterocycles. The van der Waals surface area contributed by atoms with Crippen LogP contribution in [0.4, 0.5) is 0 Å². The fourth-order valence-electron chi connectivity index (χ4n) is 4.59. The number of hydroxylamine groups is 1. The zero-order valence-electron chi connectivity index (χ0n) is 22.8. The number of benzene rings is 2. The van der Waals surface area contributed by atoms with Gasteiger partial charge in [-0.05, 0) is 65.9 Å². The maximum Gasteiger partial charge on any atom is 0.267 e. The van der Waals surface area contributed by atoms with Gasteiger partial charge in [-0.1, -0.05) is 24.3 Å². The van der Waals surface area contributed by atoms with Gasteiger partial charge in [0.05, 0.1) is 18.1 Å². The van der Waals surface area contributed by atoms with Crippen molar-refractivity contribution in [3.05, 3.63) is 78.6 Å². The molecule has 10 nitrogen and oxygen atoms in total. The van der Waals surface area contributed by atoms with E-state index in [-0.39, 0.29) is 4.90 Å². The van der Waals surface area contributed by atoms with E-state index >= 15 is 0 Å². The van der Waals surface area contributed by atoms with Crippen molar-refractivity contribution < 1.29 is 32.3 Å². The fourth-order valence-corrected chi connectivity index (χ4v) is 5.84. The first-order chi connectivity index (χ1) is 20.0. The molecule has 0 aliphatic carbocycles. The number of hydrogen-bond acceptors (Lipinski definition) is 8. The first-order valence-corrected chi connectivity index (χ1v) is 15.2. The number of hydrogen-bond donors (Lipinski definition) is 1. The highest BCUT2D eigenvalue weighted by atomic mass is 32.2. The summed E-state index contributed by atoms with van der Waals surface area (Å²) >= 11 is 0. The van der Waals surface area contributed by atoms with Gasteiger partial charge in [-0.25, -0.2) is 22.7 Å². The number of nitrogens with zero attached hydrogens (tertiary/aromatic N) is 2. The number of morpholine rings is 1. The number of amides is 1. The van der Waals surface area contributed by atoms with Gasteiger partial charge in [0, 0.05) is 51.1 Å². The minimum Gasteiger partial charge on any atom is -0.492 e. The third kappa shape index (κ3) is 8.05. The van der Waals surface area contributed by atoms with Gasteiger partial charge in [-0.15, -0.1) is 0 Å². The Balaban J connectivity index is 1.17. The summed E-state index contributed by atoms with van der Waals surface area (Å²) in [5, 5.41) is 0. The quantitative estimate of drug-likeness (QED) is 0.270. The van der Waals surface area contributed by atoms with Crippen molar-refractivity contribution in [1.82, 2.24) is 14.4 Å². The molecule has 1 atom stereocenters. The maximum absolute atomic E-state index is 13.3. The zero-order valence-corrected chi connectivity index (χ0v) is 23.6. The molecule has 2 fully saturated rings. The van der Waals surface area contributed by atoms with Crippen LogP contribution in [0.15, 0.2) is 78.0 Å². The molecular weight excluding hydrogens is 546 g/mol. The Bertz CT molecular complexity index is 1420. The van der Waals surface area contributed by atoms with E-state index in [0.717, 1.165) is 73.0 Å². The maximum atomic E-state index is 13.3. The van der Waals surface area contributed by atoms with E-state index in [0.29, 0.717) is 18.8 Å². The highest BCUT2D eigenvalue weighted by molar-refractivity contribution is 7.90. The van der Waals surface area contributed by atoms with E-state index < -0.39 is 22.2 Å². The van der Waals surface area contributed by atoms with Crippen molar-refractivity contribution in [3.63, 3.8) is 0 Å². The molecular formula is C30H35N3O7S. The normalized spacial score (nSPS) is 18.4. The molecule has 0 bridgehead atoms. The summed E-state index contributed by atoms with van der Waals surface area (Å²) < 4.78 is 44.5. The zero-order chi connectivity index (χ0) is 28.5. The molecule has 0 radical (unpaired) electrons. The number of ether oxygens (including phenoxy) is 3. The number of aromatic nitrogens is 1. The molecule has 1 N–H and O–H groups in total. The Morgan fingerprint density at radius 1 is 1.02 bits per heavy atom. The molecule has 0 saturated carbocycles. The molecule has 2 aliphatic rings. The lowest BCUT2D eigenvalue weighted by Gasteiger charge is -2.26. The van der Waals surface area contributed by atoms with Crippen LogP contribution < -0.4 is 10.2 Å². The van der Waals surface area contributed by atoms with E-state index in [2.05, 4.69) is 10.4 Å². The summed E-state index contributed by atoms with van der Waals surface area (Å²) in [5.41, 5.74) is 4.55. The summed E-state index contributed by atoms with van der Waals surface area (Å²) in [6, 6.07) is 16.1. The SMILES string of the molecule is O=C(/C=C/c1ccn(S(=O)(=O)c2cccc(-c3ccc(OCCN4CCOCC4)cc3)c2)c1)NOC1CCCCO1. The Kier molecular flexibility index (Phi) is 9.86. The third-order valence-electron chi connectivity index (χ3n) is 6.92. The van der Waals surface area contributed by atoms with Crippen LogP contribution in [0.25, 0.3) is 17.2 Å². The highest BCUT2D eigenvalue weighted by Crippen LogP contribution is 2.26. The molecule has 2 aromatic carbocycles. The fraction of sp³-hybridized carbons (Fsp3) is 0.367. The monoisotopic (exact) mass is 581 g/mol. The van der Waals surface area contributed by atoms with E-state index in [9.17, 15) is 13.2 Å². The van der Waals surface area contributed by atoms with Gasteiger partial charge in [0.1, 0.15) is 12.4 Å². The lowest BCUT2D eigenvalue weighted by atomic mass is 10.1. The standard InChI is InChI=1S/C30H35N3O7S/c34-29(31-40-30-6-1-2-18-39-30)12-7-24-13-14-33(23-24)41(35,36)28-5-3-4-26(22-28)25-8-10-27(11-9-25)38-21-17-32-15-19-37-20-16-32/h3-5,7-14,22-23,30H,1-2,6,15-21H2,(H,31,34)/b12-7+. The van der Waals surface area contributed by atoms with Crippen LogP contribution in [0, 0.1) is 0 Å². The molecule has 0 spiro atoms. The Hall–Kier alpha value is -3.48. The second-order valence-corrected chi connectivity index (χ2v) is 11.7. The topological polar surface area (TPSA) is 108 Å². The lowest BCUT2D eigenvalue weighted by Crippen LogP contribution is -2.38. The summed E-state index contributed by atoms with van der Waals surface area (Å²) in [7, 11) is -3.84. The predicted molar refractivity (Wildman–Crippen MR) is 154 cm³/mol. The van der Waals surface area contributed by atoms with Crippen molar-refractivity contribution in [2.45, 2.75) is 30.4 Å². The molecule has 1 aromatic heterocycles. The number of nitrogens with one attached hydrogen (secondary N) is 1. The van der Waals surface area contributed by atoms with Gasteiger partial charge in [-0.3, -0.25) is 9.69 Å². The lowest BCUT2D eigenvalue weighted by molar-refractivity contribution is -0.198. The molecule has 5 rings (SSSR count). The van der Waals surface area contributed by atoms with Crippen LogP contribution in [-0.2, 0) is 29.1 Å². The Labute approximate surface area is 240 Å². The molecule has 1 unspecified atom stereocenters. The molecule has 218 valence electrons. The molecule has 41 heavy (non-hydrogen) atoms. The van der Waals surface area contributed by atoms with Gasteiger partial charge in [0.2, 0.25) is 0 Å². The van der Waals surface area contributed by atoms with Crippen LogP contribution in [0.1, 0.15) is 24.8 Å². The van der Waals surface area contributed by atoms with Gasteiger partial charge >= 0.3 is 0 Å². The number of carbonyl (C=O) groups is 1. The average molecular weight is 582 g/mol. The van der Waals surface area contributed by atoms with E-state index in [1.165, 1.54) is 24.5 Å². The minimum atomic E-state index is -3.84. The van der Waals surface area contributed by atoms with Gasteiger partial charge < -0.3 is 14.2 Å². The van der Waals surface area contributed by atoms with Gasteiger partial charge in [0.25, 0.3) is 15.9 Å². The molecule has 2 saturated heterocycles. The van der Waals surface area contributed by atoms with Crippen molar-refractivity contribution in [2.24, 2.45) is 0 Å². The predicted octanol–water partition coefficient (Wildman–Crippen LogP) is 3.69. The highest BCUT2D eigenvalue weighted by Gasteiger charge is 2.18. The molecule has 3 aromatic rings. The third-order valence-corrected chi connectivity index (χ3v) is 8.56. The summed E-state index contributed by atoms with van der Waals surface area (Å²) in [4.78, 5) is 19.8. The van der Waals surface area contributed by atoms with Gasteiger partial charge in [0.15, 0.2) is 6.29 Å². The Morgan fingerprint density at radius 2 is 1.85 bits per heavy atom. The van der Waals surface area contributed by atoms with E-state index in [1.54, 1.807) is 24.3 Å². The van der Waals surface area contributed by atoms with Crippen LogP contribution in [-0.4, -0.2) is 75.5 Å². The van der Waals surface area contributed by atoms with E-state index in [1.807, 2.05) is 30.3 Å². The van der Waals surface area contributed by atoms with Crippen LogP contribution in [0.2, 0.25) is 0 Å². The van der Waals surface area contributed by atoms with Crippen LogP contribution in [0.3, 0.4) is 0 Å². The van der Waals surface area contributed by atoms with Crippen LogP contribution >= 0.6 is 0 Å².